The maximum absolute atomic E-state index is 12.9. The summed E-state index contributed by atoms with van der Waals surface area (Å²) in [5.41, 5.74) is 2.25. The van der Waals surface area contributed by atoms with Crippen LogP contribution < -0.4 is 10.1 Å². The molecule has 7 nitrogen and oxygen atoms in total. The lowest BCUT2D eigenvalue weighted by atomic mass is 10.1. The molecule has 4 aromatic rings. The number of fused-ring (bicyclic) bond motifs is 3. The van der Waals surface area contributed by atoms with Gasteiger partial charge in [0.25, 0.3) is 5.91 Å². The molecule has 7 heteroatoms. The van der Waals surface area contributed by atoms with E-state index in [0.717, 1.165) is 17.5 Å². The van der Waals surface area contributed by atoms with Gasteiger partial charge in [-0.05, 0) is 36.6 Å². The molecule has 0 aliphatic carbocycles. The average Bonchev–Trinajstić information content (AvgIpc) is 3.10. The summed E-state index contributed by atoms with van der Waals surface area (Å²) >= 11 is 0. The van der Waals surface area contributed by atoms with Crippen molar-refractivity contribution in [1.82, 2.24) is 14.4 Å². The molecule has 150 valence electrons. The average molecular weight is 399 g/mol. The maximum Gasteiger partial charge on any atom is 0.260 e. The Morgan fingerprint density at radius 2 is 1.93 bits per heavy atom. The van der Waals surface area contributed by atoms with Gasteiger partial charge in [-0.15, -0.1) is 0 Å². The molecule has 0 fully saturated rings. The van der Waals surface area contributed by atoms with Crippen LogP contribution >= 0.6 is 0 Å². The SMILES string of the molecule is CC(C)CCOc1ccccc1C(=O)Nc1nc2nc3ccccc3n2cc1C#N. The Hall–Kier alpha value is -3.92. The smallest absolute Gasteiger partial charge is 0.260 e. The fourth-order valence-electron chi connectivity index (χ4n) is 3.13. The first-order valence-electron chi connectivity index (χ1n) is 9.78. The lowest BCUT2D eigenvalue weighted by molar-refractivity contribution is 0.102. The van der Waals surface area contributed by atoms with Gasteiger partial charge >= 0.3 is 0 Å². The third-order valence-corrected chi connectivity index (χ3v) is 4.74. The Morgan fingerprint density at radius 1 is 1.17 bits per heavy atom. The van der Waals surface area contributed by atoms with Gasteiger partial charge in [-0.25, -0.2) is 4.98 Å². The van der Waals surface area contributed by atoms with E-state index in [1.165, 1.54) is 0 Å². The molecule has 2 aromatic carbocycles. The molecule has 0 bridgehead atoms. The van der Waals surface area contributed by atoms with Gasteiger partial charge in [-0.3, -0.25) is 9.20 Å². The van der Waals surface area contributed by atoms with E-state index >= 15 is 0 Å². The minimum absolute atomic E-state index is 0.169. The van der Waals surface area contributed by atoms with Gasteiger partial charge in [-0.2, -0.15) is 10.2 Å². The van der Waals surface area contributed by atoms with Crippen LogP contribution in [0.3, 0.4) is 0 Å². The minimum Gasteiger partial charge on any atom is -0.493 e. The second-order valence-electron chi connectivity index (χ2n) is 7.37. The highest BCUT2D eigenvalue weighted by Gasteiger charge is 2.17. The summed E-state index contributed by atoms with van der Waals surface area (Å²) in [5.74, 6) is 1.20. The van der Waals surface area contributed by atoms with Crippen molar-refractivity contribution in [2.75, 3.05) is 11.9 Å². The second-order valence-corrected chi connectivity index (χ2v) is 7.37. The Balaban J connectivity index is 1.65. The van der Waals surface area contributed by atoms with Gasteiger partial charge in [0.2, 0.25) is 5.78 Å². The number of imidazole rings is 1. The van der Waals surface area contributed by atoms with E-state index in [2.05, 4.69) is 35.2 Å². The van der Waals surface area contributed by atoms with Gasteiger partial charge in [0.05, 0.1) is 23.2 Å². The van der Waals surface area contributed by atoms with Gasteiger partial charge in [0.1, 0.15) is 17.4 Å². The molecule has 0 atom stereocenters. The molecule has 0 aliphatic rings. The molecular weight excluding hydrogens is 378 g/mol. The molecule has 4 rings (SSSR count). The normalized spacial score (nSPS) is 11.0. The molecule has 0 saturated carbocycles. The minimum atomic E-state index is -0.389. The molecule has 1 amide bonds. The van der Waals surface area contributed by atoms with Crippen molar-refractivity contribution in [3.8, 4) is 11.8 Å². The number of carbonyl (C=O) groups excluding carboxylic acids is 1. The number of para-hydroxylation sites is 3. The third kappa shape index (κ3) is 3.80. The van der Waals surface area contributed by atoms with Crippen LogP contribution in [-0.4, -0.2) is 26.9 Å². The van der Waals surface area contributed by atoms with Gasteiger partial charge in [-0.1, -0.05) is 38.1 Å². The van der Waals surface area contributed by atoms with E-state index in [0.29, 0.717) is 29.6 Å². The van der Waals surface area contributed by atoms with Crippen LogP contribution in [0.25, 0.3) is 16.8 Å². The quantitative estimate of drug-likeness (QED) is 0.518. The van der Waals surface area contributed by atoms with Crippen LogP contribution in [-0.2, 0) is 0 Å². The lowest BCUT2D eigenvalue weighted by Gasteiger charge is -2.13. The number of hydrogen-bond donors (Lipinski definition) is 1. The highest BCUT2D eigenvalue weighted by atomic mass is 16.5. The summed E-state index contributed by atoms with van der Waals surface area (Å²) in [6.45, 7) is 4.76. The lowest BCUT2D eigenvalue weighted by Crippen LogP contribution is -2.16. The predicted molar refractivity (Wildman–Crippen MR) is 115 cm³/mol. The number of hydrogen-bond acceptors (Lipinski definition) is 5. The van der Waals surface area contributed by atoms with E-state index in [1.807, 2.05) is 30.3 Å². The summed E-state index contributed by atoms with van der Waals surface area (Å²) in [6.07, 6.45) is 2.53. The molecule has 0 radical (unpaired) electrons. The van der Waals surface area contributed by atoms with Crippen molar-refractivity contribution in [3.63, 3.8) is 0 Å². The number of carbonyl (C=O) groups is 1. The van der Waals surface area contributed by atoms with Gasteiger partial charge in [0, 0.05) is 6.20 Å². The van der Waals surface area contributed by atoms with Crippen LogP contribution in [0.5, 0.6) is 5.75 Å². The van der Waals surface area contributed by atoms with E-state index in [1.54, 1.807) is 28.8 Å². The van der Waals surface area contributed by atoms with E-state index < -0.39 is 0 Å². The molecule has 0 saturated heterocycles. The van der Waals surface area contributed by atoms with Crippen molar-refractivity contribution in [2.45, 2.75) is 20.3 Å². The predicted octanol–water partition coefficient (Wildman–Crippen LogP) is 4.43. The van der Waals surface area contributed by atoms with Crippen molar-refractivity contribution in [3.05, 3.63) is 65.9 Å². The first-order valence-corrected chi connectivity index (χ1v) is 9.78. The standard InChI is InChI=1S/C23H21N5O2/c1-15(2)11-12-30-20-10-6-3-7-17(20)22(29)26-21-16(13-24)14-28-19-9-5-4-8-18(19)25-23(28)27-21/h3-10,14-15H,11-12H2,1-2H3,(H,25,26,27,29). The van der Waals surface area contributed by atoms with E-state index in [9.17, 15) is 10.1 Å². The zero-order chi connectivity index (χ0) is 21.1. The summed E-state index contributed by atoms with van der Waals surface area (Å²) in [4.78, 5) is 21.8. The Kier molecular flexibility index (Phi) is 5.31. The molecule has 2 aromatic heterocycles. The van der Waals surface area contributed by atoms with Gasteiger partial charge < -0.3 is 10.1 Å². The number of nitrogens with one attached hydrogen (secondary N) is 1. The Morgan fingerprint density at radius 3 is 2.73 bits per heavy atom. The number of amides is 1. The Labute approximate surface area is 173 Å². The zero-order valence-electron chi connectivity index (χ0n) is 16.8. The van der Waals surface area contributed by atoms with Gasteiger partial charge in [0.15, 0.2) is 5.82 Å². The summed E-state index contributed by atoms with van der Waals surface area (Å²) < 4.78 is 7.55. The topological polar surface area (TPSA) is 92.3 Å². The zero-order valence-corrected chi connectivity index (χ0v) is 16.8. The largest absolute Gasteiger partial charge is 0.493 e. The summed E-state index contributed by atoms with van der Waals surface area (Å²) in [7, 11) is 0. The number of ether oxygens (including phenoxy) is 1. The highest BCUT2D eigenvalue weighted by molar-refractivity contribution is 6.06. The fourth-order valence-corrected chi connectivity index (χ4v) is 3.13. The molecule has 30 heavy (non-hydrogen) atoms. The van der Waals surface area contributed by atoms with Crippen LogP contribution in [0.1, 0.15) is 36.2 Å². The third-order valence-electron chi connectivity index (χ3n) is 4.74. The molecule has 1 N–H and O–H groups in total. The molecule has 0 spiro atoms. The first kappa shape index (κ1) is 19.4. The number of aromatic nitrogens is 3. The van der Waals surface area contributed by atoms with Crippen LogP contribution in [0.4, 0.5) is 5.82 Å². The number of anilines is 1. The molecule has 0 unspecified atom stereocenters. The molecule has 0 aliphatic heterocycles. The van der Waals surface area contributed by atoms with E-state index in [-0.39, 0.29) is 17.3 Å². The number of nitrogens with zero attached hydrogens (tertiary/aromatic N) is 4. The number of nitriles is 1. The van der Waals surface area contributed by atoms with Crippen molar-refractivity contribution in [1.29, 1.82) is 5.26 Å². The summed E-state index contributed by atoms with van der Waals surface area (Å²) in [5, 5.41) is 12.3. The highest BCUT2D eigenvalue weighted by Crippen LogP contribution is 2.23. The Bertz CT molecular complexity index is 1270. The van der Waals surface area contributed by atoms with Crippen molar-refractivity contribution >= 4 is 28.5 Å². The monoisotopic (exact) mass is 399 g/mol. The molecule has 2 heterocycles. The fraction of sp³-hybridized carbons (Fsp3) is 0.217. The van der Waals surface area contributed by atoms with Crippen molar-refractivity contribution in [2.24, 2.45) is 5.92 Å². The van der Waals surface area contributed by atoms with Crippen LogP contribution in [0.15, 0.2) is 54.7 Å². The first-order chi connectivity index (χ1) is 14.6. The maximum atomic E-state index is 12.9. The van der Waals surface area contributed by atoms with Crippen LogP contribution in [0.2, 0.25) is 0 Å². The summed E-state index contributed by atoms with van der Waals surface area (Å²) in [6, 6.07) is 16.7. The van der Waals surface area contributed by atoms with Crippen molar-refractivity contribution < 1.29 is 9.53 Å². The molecular formula is C23H21N5O2. The number of rotatable bonds is 6. The van der Waals surface area contributed by atoms with E-state index in [4.69, 9.17) is 4.74 Å². The number of benzene rings is 2. The van der Waals surface area contributed by atoms with Crippen LogP contribution in [0, 0.1) is 17.2 Å². The second kappa shape index (κ2) is 8.21.